The van der Waals surface area contributed by atoms with Gasteiger partial charge in [0.15, 0.2) is 0 Å². The Kier molecular flexibility index (Phi) is 4.69. The molecule has 0 aliphatic carbocycles. The molecule has 0 radical (unpaired) electrons. The minimum Gasteiger partial charge on any atom is -0.481 e. The molecule has 0 N–H and O–H groups in total. The summed E-state index contributed by atoms with van der Waals surface area (Å²) >= 11 is 0. The number of pyridine rings is 1. The number of aryl methyl sites for hydroxylation is 1. The number of nitrogens with zero attached hydrogens (tertiary/aromatic N) is 4. The Hall–Kier alpha value is -2.57. The fourth-order valence-electron chi connectivity index (χ4n) is 3.17. The summed E-state index contributed by atoms with van der Waals surface area (Å²) in [5.74, 6) is 1.54. The van der Waals surface area contributed by atoms with Crippen LogP contribution in [0.5, 0.6) is 11.8 Å². The molecule has 0 saturated carbocycles. The first-order valence-electron chi connectivity index (χ1n) is 8.10. The molecule has 0 spiro atoms. The number of rotatable bonds is 4. The second-order valence-electron chi connectivity index (χ2n) is 5.67. The molecular formula is C17H22N4O3. The summed E-state index contributed by atoms with van der Waals surface area (Å²) < 4.78 is 12.5. The smallest absolute Gasteiger partial charge is 0.259 e. The van der Waals surface area contributed by atoms with E-state index in [-0.39, 0.29) is 17.8 Å². The molecule has 1 aliphatic heterocycles. The number of amides is 1. The summed E-state index contributed by atoms with van der Waals surface area (Å²) in [7, 11) is 3.04. The van der Waals surface area contributed by atoms with Crippen LogP contribution in [0.1, 0.15) is 42.0 Å². The number of hydrogen-bond acceptors (Lipinski definition) is 5. The average Bonchev–Trinajstić information content (AvgIpc) is 3.01. The molecule has 1 atom stereocenters. The first-order chi connectivity index (χ1) is 11.7. The lowest BCUT2D eigenvalue weighted by molar-refractivity contribution is 0.0666. The lowest BCUT2D eigenvalue weighted by Gasteiger charge is -2.29. The maximum Gasteiger partial charge on any atom is 0.259 e. The zero-order valence-electron chi connectivity index (χ0n) is 14.2. The molecule has 0 aromatic carbocycles. The van der Waals surface area contributed by atoms with Crippen molar-refractivity contribution in [2.45, 2.75) is 32.4 Å². The monoisotopic (exact) mass is 330 g/mol. The van der Waals surface area contributed by atoms with E-state index in [2.05, 4.69) is 21.5 Å². The van der Waals surface area contributed by atoms with Crippen LogP contribution in [0.15, 0.2) is 24.5 Å². The van der Waals surface area contributed by atoms with Gasteiger partial charge in [-0.05, 0) is 18.9 Å². The van der Waals surface area contributed by atoms with Gasteiger partial charge in [-0.2, -0.15) is 4.98 Å². The Balaban J connectivity index is 1.97. The quantitative estimate of drug-likeness (QED) is 0.860. The number of methoxy groups -OCH3 is 2. The zero-order chi connectivity index (χ0) is 17.1. The lowest BCUT2D eigenvalue weighted by Crippen LogP contribution is -2.35. The van der Waals surface area contributed by atoms with Crippen LogP contribution in [0.4, 0.5) is 0 Å². The standard InChI is InChI=1S/C17H22N4O3/c1-4-13-15-18-8-11-20(15)9-5-10-21(13)17(22)12-6-7-14(23-2)19-16(12)24-3/h6-8,11,13H,4-5,9-10H2,1-3H3. The Bertz CT molecular complexity index is 728. The fraction of sp³-hybridized carbons (Fsp3) is 0.471. The summed E-state index contributed by atoms with van der Waals surface area (Å²) in [5, 5.41) is 0. The van der Waals surface area contributed by atoms with Crippen molar-refractivity contribution in [1.82, 2.24) is 19.4 Å². The Morgan fingerprint density at radius 3 is 2.83 bits per heavy atom. The van der Waals surface area contributed by atoms with Crippen molar-refractivity contribution >= 4 is 5.91 Å². The number of imidazole rings is 1. The van der Waals surface area contributed by atoms with Gasteiger partial charge in [-0.15, -0.1) is 0 Å². The predicted octanol–water partition coefficient (Wildman–Crippen LogP) is 2.29. The molecular weight excluding hydrogens is 308 g/mol. The van der Waals surface area contributed by atoms with Gasteiger partial charge in [-0.1, -0.05) is 6.92 Å². The highest BCUT2D eigenvalue weighted by molar-refractivity contribution is 5.96. The summed E-state index contributed by atoms with van der Waals surface area (Å²) in [6.07, 6.45) is 5.45. The molecule has 2 aromatic rings. The fourth-order valence-corrected chi connectivity index (χ4v) is 3.17. The van der Waals surface area contributed by atoms with E-state index in [1.54, 1.807) is 18.3 Å². The Labute approximate surface area is 141 Å². The lowest BCUT2D eigenvalue weighted by atomic mass is 10.1. The first kappa shape index (κ1) is 16.3. The van der Waals surface area contributed by atoms with Gasteiger partial charge < -0.3 is 18.9 Å². The topological polar surface area (TPSA) is 69.5 Å². The van der Waals surface area contributed by atoms with Crippen LogP contribution in [0, 0.1) is 0 Å². The third-order valence-corrected chi connectivity index (χ3v) is 4.34. The number of fused-ring (bicyclic) bond motifs is 1. The van der Waals surface area contributed by atoms with Gasteiger partial charge in [-0.25, -0.2) is 4.98 Å². The van der Waals surface area contributed by atoms with Crippen molar-refractivity contribution in [3.05, 3.63) is 35.9 Å². The maximum absolute atomic E-state index is 13.2. The minimum atomic E-state index is -0.0923. The van der Waals surface area contributed by atoms with E-state index in [1.807, 2.05) is 11.1 Å². The third-order valence-electron chi connectivity index (χ3n) is 4.34. The second kappa shape index (κ2) is 6.90. The highest BCUT2D eigenvalue weighted by atomic mass is 16.5. The van der Waals surface area contributed by atoms with E-state index >= 15 is 0 Å². The van der Waals surface area contributed by atoms with Gasteiger partial charge in [0.05, 0.1) is 20.3 Å². The Morgan fingerprint density at radius 1 is 1.29 bits per heavy atom. The molecule has 7 heteroatoms. The van der Waals surface area contributed by atoms with Crippen LogP contribution in [0.2, 0.25) is 0 Å². The molecule has 1 unspecified atom stereocenters. The molecule has 0 bridgehead atoms. The number of carbonyl (C=O) groups is 1. The predicted molar refractivity (Wildman–Crippen MR) is 88.3 cm³/mol. The third kappa shape index (κ3) is 2.81. The zero-order valence-corrected chi connectivity index (χ0v) is 14.2. The molecule has 3 rings (SSSR count). The van der Waals surface area contributed by atoms with Crippen molar-refractivity contribution in [2.75, 3.05) is 20.8 Å². The van der Waals surface area contributed by atoms with Crippen molar-refractivity contribution in [2.24, 2.45) is 0 Å². The second-order valence-corrected chi connectivity index (χ2v) is 5.67. The van der Waals surface area contributed by atoms with Crippen molar-refractivity contribution in [3.63, 3.8) is 0 Å². The molecule has 1 aliphatic rings. The van der Waals surface area contributed by atoms with E-state index in [4.69, 9.17) is 9.47 Å². The molecule has 0 fully saturated rings. The van der Waals surface area contributed by atoms with Gasteiger partial charge in [0.1, 0.15) is 11.4 Å². The van der Waals surface area contributed by atoms with Crippen LogP contribution in [0.25, 0.3) is 0 Å². The van der Waals surface area contributed by atoms with Crippen molar-refractivity contribution in [1.29, 1.82) is 0 Å². The SMILES string of the molecule is CCC1c2nccn2CCCN1C(=O)c1ccc(OC)nc1OC. The number of carbonyl (C=O) groups excluding carboxylic acids is 1. The summed E-state index contributed by atoms with van der Waals surface area (Å²) in [4.78, 5) is 23.7. The van der Waals surface area contributed by atoms with Crippen LogP contribution in [-0.2, 0) is 6.54 Å². The molecule has 7 nitrogen and oxygen atoms in total. The number of hydrogen-bond donors (Lipinski definition) is 0. The summed E-state index contributed by atoms with van der Waals surface area (Å²) in [6, 6.07) is 3.33. The molecule has 128 valence electrons. The van der Waals surface area contributed by atoms with Crippen LogP contribution >= 0.6 is 0 Å². The normalized spacial score (nSPS) is 17.1. The van der Waals surface area contributed by atoms with E-state index in [1.165, 1.54) is 14.2 Å². The largest absolute Gasteiger partial charge is 0.481 e. The van der Waals surface area contributed by atoms with Crippen LogP contribution < -0.4 is 9.47 Å². The maximum atomic E-state index is 13.2. The van der Waals surface area contributed by atoms with Crippen molar-refractivity contribution < 1.29 is 14.3 Å². The average molecular weight is 330 g/mol. The van der Waals surface area contributed by atoms with Crippen LogP contribution in [0.3, 0.4) is 0 Å². The minimum absolute atomic E-state index is 0.0539. The van der Waals surface area contributed by atoms with E-state index in [9.17, 15) is 4.79 Å². The Morgan fingerprint density at radius 2 is 2.12 bits per heavy atom. The van der Waals surface area contributed by atoms with Crippen LogP contribution in [-0.4, -0.2) is 46.1 Å². The van der Waals surface area contributed by atoms with Gasteiger partial charge in [0.25, 0.3) is 5.91 Å². The number of aromatic nitrogens is 3. The van der Waals surface area contributed by atoms with Gasteiger partial charge in [0.2, 0.25) is 11.8 Å². The molecule has 2 aromatic heterocycles. The van der Waals surface area contributed by atoms with Gasteiger partial charge >= 0.3 is 0 Å². The van der Waals surface area contributed by atoms with E-state index in [0.717, 1.165) is 25.2 Å². The summed E-state index contributed by atoms with van der Waals surface area (Å²) in [6.45, 7) is 3.61. The first-order valence-corrected chi connectivity index (χ1v) is 8.10. The van der Waals surface area contributed by atoms with Gasteiger partial charge in [0, 0.05) is 31.5 Å². The molecule has 3 heterocycles. The van der Waals surface area contributed by atoms with E-state index in [0.29, 0.717) is 18.0 Å². The number of ether oxygens (including phenoxy) is 2. The van der Waals surface area contributed by atoms with Crippen molar-refractivity contribution in [3.8, 4) is 11.8 Å². The highest BCUT2D eigenvalue weighted by Crippen LogP contribution is 2.30. The molecule has 1 amide bonds. The highest BCUT2D eigenvalue weighted by Gasteiger charge is 2.31. The van der Waals surface area contributed by atoms with E-state index < -0.39 is 0 Å². The van der Waals surface area contributed by atoms with Gasteiger partial charge in [-0.3, -0.25) is 4.79 Å². The molecule has 24 heavy (non-hydrogen) atoms. The summed E-state index contributed by atoms with van der Waals surface area (Å²) in [5.41, 5.74) is 0.441. The molecule has 0 saturated heterocycles.